The zero-order valence-corrected chi connectivity index (χ0v) is 14.6. The van der Waals surface area contributed by atoms with Gasteiger partial charge in [0.15, 0.2) is 0 Å². The van der Waals surface area contributed by atoms with Gasteiger partial charge in [-0.3, -0.25) is 4.90 Å². The third-order valence-electron chi connectivity index (χ3n) is 5.32. The van der Waals surface area contributed by atoms with Gasteiger partial charge in [0.1, 0.15) is 6.33 Å². The van der Waals surface area contributed by atoms with Crippen LogP contribution in [0, 0.1) is 5.92 Å². The largest absolute Gasteiger partial charge is 0.299 e. The number of hydrogen-bond acceptors (Lipinski definition) is 3. The van der Waals surface area contributed by atoms with Crippen LogP contribution in [0.5, 0.6) is 0 Å². The van der Waals surface area contributed by atoms with E-state index in [1.165, 1.54) is 35.1 Å². The first-order valence-corrected chi connectivity index (χ1v) is 9.31. The van der Waals surface area contributed by atoms with E-state index < -0.39 is 0 Å². The van der Waals surface area contributed by atoms with Crippen molar-refractivity contribution in [3.63, 3.8) is 0 Å². The van der Waals surface area contributed by atoms with E-state index in [1.807, 2.05) is 12.4 Å². The van der Waals surface area contributed by atoms with E-state index in [0.29, 0.717) is 5.92 Å². The van der Waals surface area contributed by atoms with Crippen molar-refractivity contribution >= 4 is 11.1 Å². The summed E-state index contributed by atoms with van der Waals surface area (Å²) in [7, 11) is 0. The quantitative estimate of drug-likeness (QED) is 0.829. The summed E-state index contributed by atoms with van der Waals surface area (Å²) in [5.41, 5.74) is 5.50. The molecule has 0 radical (unpaired) electrons. The average Bonchev–Trinajstić information content (AvgIpc) is 2.70. The molecule has 2 heterocycles. The summed E-state index contributed by atoms with van der Waals surface area (Å²) < 4.78 is 0. The average molecular weight is 331 g/mol. The lowest BCUT2D eigenvalue weighted by Crippen LogP contribution is -2.33. The van der Waals surface area contributed by atoms with Crippen LogP contribution in [-0.2, 0) is 0 Å². The minimum absolute atomic E-state index is 0.649. The zero-order chi connectivity index (χ0) is 16.9. The van der Waals surface area contributed by atoms with Crippen LogP contribution in [0.2, 0.25) is 0 Å². The van der Waals surface area contributed by atoms with Gasteiger partial charge in [-0.25, -0.2) is 9.97 Å². The first-order chi connectivity index (χ1) is 12.4. The summed E-state index contributed by atoms with van der Waals surface area (Å²) >= 11 is 0. The van der Waals surface area contributed by atoms with E-state index in [0.717, 1.165) is 32.5 Å². The number of nitrogens with zero attached hydrogens (tertiary/aromatic N) is 3. The molecule has 0 N–H and O–H groups in total. The van der Waals surface area contributed by atoms with E-state index in [1.54, 1.807) is 6.33 Å². The van der Waals surface area contributed by atoms with Crippen LogP contribution in [0.3, 0.4) is 0 Å². The molecule has 1 aliphatic carbocycles. The Labute approximate surface area is 150 Å². The topological polar surface area (TPSA) is 29.0 Å². The maximum Gasteiger partial charge on any atom is 0.115 e. The number of hydrogen-bond donors (Lipinski definition) is 0. The molecule has 1 aliphatic heterocycles. The van der Waals surface area contributed by atoms with Crippen molar-refractivity contribution in [3.8, 4) is 0 Å². The van der Waals surface area contributed by atoms with Crippen LogP contribution in [-0.4, -0.2) is 34.5 Å². The molecule has 0 unspecified atom stereocenters. The Morgan fingerprint density at radius 2 is 1.80 bits per heavy atom. The summed E-state index contributed by atoms with van der Waals surface area (Å²) in [6, 6.07) is 10.8. The second kappa shape index (κ2) is 7.75. The number of allylic oxidation sites excluding steroid dienone is 1. The lowest BCUT2D eigenvalue weighted by molar-refractivity contribution is 0.262. The van der Waals surface area contributed by atoms with Gasteiger partial charge in [0, 0.05) is 37.6 Å². The Bertz CT molecular complexity index is 749. The molecule has 128 valence electrons. The van der Waals surface area contributed by atoms with Gasteiger partial charge >= 0.3 is 0 Å². The van der Waals surface area contributed by atoms with Crippen molar-refractivity contribution < 1.29 is 0 Å². The van der Waals surface area contributed by atoms with Gasteiger partial charge in [0.2, 0.25) is 0 Å². The van der Waals surface area contributed by atoms with Crippen molar-refractivity contribution in [3.05, 3.63) is 72.3 Å². The Balaban J connectivity index is 1.39. The van der Waals surface area contributed by atoms with Gasteiger partial charge in [0.25, 0.3) is 0 Å². The van der Waals surface area contributed by atoms with Gasteiger partial charge in [-0.05, 0) is 48.3 Å². The smallest absolute Gasteiger partial charge is 0.115 e. The SMILES string of the molecule is C1=C(c2cncnc2)CCC[C@H]1CN1CC=C(c2ccccc2)CC1. The van der Waals surface area contributed by atoms with Gasteiger partial charge in [-0.1, -0.05) is 42.5 Å². The maximum atomic E-state index is 4.17. The van der Waals surface area contributed by atoms with Crippen molar-refractivity contribution in [1.82, 2.24) is 14.9 Å². The predicted molar refractivity (Wildman–Crippen MR) is 103 cm³/mol. The Kier molecular flexibility index (Phi) is 5.03. The monoisotopic (exact) mass is 331 g/mol. The highest BCUT2D eigenvalue weighted by atomic mass is 15.1. The molecule has 1 atom stereocenters. The maximum absolute atomic E-state index is 4.17. The van der Waals surface area contributed by atoms with Gasteiger partial charge < -0.3 is 0 Å². The van der Waals surface area contributed by atoms with Crippen LogP contribution >= 0.6 is 0 Å². The molecule has 3 nitrogen and oxygen atoms in total. The van der Waals surface area contributed by atoms with Crippen LogP contribution in [0.4, 0.5) is 0 Å². The number of aromatic nitrogens is 2. The summed E-state index contributed by atoms with van der Waals surface area (Å²) in [5, 5.41) is 0. The van der Waals surface area contributed by atoms with Crippen molar-refractivity contribution in [2.24, 2.45) is 5.92 Å². The summed E-state index contributed by atoms with van der Waals surface area (Å²) in [4.78, 5) is 10.9. The zero-order valence-electron chi connectivity index (χ0n) is 14.6. The van der Waals surface area contributed by atoms with Gasteiger partial charge in [-0.2, -0.15) is 0 Å². The third-order valence-corrected chi connectivity index (χ3v) is 5.32. The first kappa shape index (κ1) is 16.2. The highest BCUT2D eigenvalue weighted by Crippen LogP contribution is 2.30. The van der Waals surface area contributed by atoms with E-state index in [-0.39, 0.29) is 0 Å². The molecule has 0 saturated heterocycles. The molecule has 0 saturated carbocycles. The molecule has 0 spiro atoms. The third kappa shape index (κ3) is 4.05. The second-order valence-corrected chi connectivity index (χ2v) is 7.08. The predicted octanol–water partition coefficient (Wildman–Crippen LogP) is 4.45. The molecule has 1 aromatic heterocycles. The molecule has 3 heteroatoms. The Hall–Kier alpha value is -2.26. The second-order valence-electron chi connectivity index (χ2n) is 7.08. The molecule has 0 bridgehead atoms. The van der Waals surface area contributed by atoms with Crippen LogP contribution in [0.25, 0.3) is 11.1 Å². The standard InChI is InChI=1S/C22H25N3/c1-2-6-19(7-3-1)20-9-11-25(12-10-20)16-18-5-4-8-21(13-18)22-14-23-17-24-15-22/h1-3,6-7,9,13-15,17-18H,4-5,8,10-12,16H2/t18-/m1/s1. The fourth-order valence-corrected chi connectivity index (χ4v) is 3.98. The summed E-state index contributed by atoms with van der Waals surface area (Å²) in [6.45, 7) is 3.39. The fraction of sp³-hybridized carbons (Fsp3) is 0.364. The first-order valence-electron chi connectivity index (χ1n) is 9.31. The van der Waals surface area contributed by atoms with E-state index >= 15 is 0 Å². The lowest BCUT2D eigenvalue weighted by Gasteiger charge is -2.31. The van der Waals surface area contributed by atoms with Crippen LogP contribution in [0.1, 0.15) is 36.8 Å². The molecular weight excluding hydrogens is 306 g/mol. The number of rotatable bonds is 4. The molecule has 0 amide bonds. The molecule has 2 aromatic rings. The minimum atomic E-state index is 0.649. The highest BCUT2D eigenvalue weighted by Gasteiger charge is 2.20. The summed E-state index contributed by atoms with van der Waals surface area (Å²) in [6.07, 6.45) is 15.2. The molecule has 0 fully saturated rings. The number of benzene rings is 1. The molecule has 1 aromatic carbocycles. The van der Waals surface area contributed by atoms with E-state index in [9.17, 15) is 0 Å². The Morgan fingerprint density at radius 3 is 2.56 bits per heavy atom. The normalized spacial score (nSPS) is 21.5. The molecule has 4 rings (SSSR count). The fourth-order valence-electron chi connectivity index (χ4n) is 3.98. The van der Waals surface area contributed by atoms with E-state index in [4.69, 9.17) is 0 Å². The summed E-state index contributed by atoms with van der Waals surface area (Å²) in [5.74, 6) is 0.649. The lowest BCUT2D eigenvalue weighted by atomic mass is 9.87. The van der Waals surface area contributed by atoms with Crippen molar-refractivity contribution in [2.75, 3.05) is 19.6 Å². The van der Waals surface area contributed by atoms with Crippen molar-refractivity contribution in [1.29, 1.82) is 0 Å². The molecule has 2 aliphatic rings. The Morgan fingerprint density at radius 1 is 0.960 bits per heavy atom. The van der Waals surface area contributed by atoms with Crippen molar-refractivity contribution in [2.45, 2.75) is 25.7 Å². The molecular formula is C22H25N3. The van der Waals surface area contributed by atoms with Gasteiger partial charge in [0.05, 0.1) is 0 Å². The molecule has 25 heavy (non-hydrogen) atoms. The van der Waals surface area contributed by atoms with Gasteiger partial charge in [-0.15, -0.1) is 0 Å². The highest BCUT2D eigenvalue weighted by molar-refractivity contribution is 5.66. The van der Waals surface area contributed by atoms with Crippen LogP contribution in [0.15, 0.2) is 61.2 Å². The minimum Gasteiger partial charge on any atom is -0.299 e. The van der Waals surface area contributed by atoms with Crippen LogP contribution < -0.4 is 0 Å². The van der Waals surface area contributed by atoms with E-state index in [2.05, 4.69) is 57.4 Å².